The minimum atomic E-state index is -4.42. The van der Waals surface area contributed by atoms with Crippen molar-refractivity contribution in [2.24, 2.45) is 5.92 Å². The molecular weight excluding hydrogens is 842 g/mol. The van der Waals surface area contributed by atoms with Crippen molar-refractivity contribution in [1.82, 2.24) is 15.5 Å². The number of carbonyl (C=O) groups is 2. The summed E-state index contributed by atoms with van der Waals surface area (Å²) in [5, 5.41) is 21.7. The van der Waals surface area contributed by atoms with Crippen molar-refractivity contribution in [2.75, 3.05) is 81.0 Å². The molecule has 4 aliphatic rings. The third kappa shape index (κ3) is 10.4. The largest absolute Gasteiger partial charge is 0.495 e. The van der Waals surface area contributed by atoms with Crippen LogP contribution in [0.4, 0.5) is 44.7 Å². The van der Waals surface area contributed by atoms with Crippen molar-refractivity contribution >= 4 is 46.3 Å². The third-order valence-corrected chi connectivity index (χ3v) is 13.8. The average Bonchev–Trinajstić information content (AvgIpc) is 3.83. The first-order valence-electron chi connectivity index (χ1n) is 21.4. The number of fused-ring (bicyclic) bond motifs is 2. The van der Waals surface area contributed by atoms with Crippen LogP contribution in [0.15, 0.2) is 53.4 Å². The minimum Gasteiger partial charge on any atom is -0.495 e. The highest BCUT2D eigenvalue weighted by atomic mass is 32.2. The Morgan fingerprint density at radius 3 is 2.59 bits per heavy atom. The van der Waals surface area contributed by atoms with E-state index in [1.165, 1.54) is 18.9 Å². The molecule has 0 aliphatic carbocycles. The van der Waals surface area contributed by atoms with Gasteiger partial charge in [0.2, 0.25) is 5.91 Å². The highest BCUT2D eigenvalue weighted by molar-refractivity contribution is 8.00. The van der Waals surface area contributed by atoms with Crippen LogP contribution in [0.5, 0.6) is 5.75 Å². The Balaban J connectivity index is 1.01. The molecule has 2 saturated heterocycles. The van der Waals surface area contributed by atoms with Gasteiger partial charge in [0, 0.05) is 61.3 Å². The summed E-state index contributed by atoms with van der Waals surface area (Å²) in [6, 6.07) is 11.7. The maximum absolute atomic E-state index is 16.6. The molecule has 340 valence electrons. The highest BCUT2D eigenvalue weighted by Gasteiger charge is 2.42. The van der Waals surface area contributed by atoms with Gasteiger partial charge < -0.3 is 45.8 Å². The maximum Gasteiger partial charge on any atom is 0.389 e. The predicted molar refractivity (Wildman–Crippen MR) is 237 cm³/mol. The van der Waals surface area contributed by atoms with E-state index in [2.05, 4.69) is 33.1 Å². The van der Waals surface area contributed by atoms with Gasteiger partial charge in [0.1, 0.15) is 18.0 Å². The van der Waals surface area contributed by atoms with Crippen molar-refractivity contribution in [2.45, 2.75) is 92.1 Å². The summed E-state index contributed by atoms with van der Waals surface area (Å²) in [6.07, 6.45) is -5.18. The second-order valence-corrected chi connectivity index (χ2v) is 18.5. The summed E-state index contributed by atoms with van der Waals surface area (Å²) < 4.78 is 78.7. The van der Waals surface area contributed by atoms with Gasteiger partial charge in [-0.3, -0.25) is 9.59 Å². The average molecular weight is 898 g/mol. The molecule has 7 atom stereocenters. The van der Waals surface area contributed by atoms with Crippen molar-refractivity contribution in [3.8, 4) is 17.6 Å². The number of thioether (sulfide) groups is 1. The molecular formula is C46H56F5N7O4S. The Morgan fingerprint density at radius 1 is 1.08 bits per heavy atom. The van der Waals surface area contributed by atoms with Crippen molar-refractivity contribution in [1.29, 1.82) is 0 Å². The van der Waals surface area contributed by atoms with Gasteiger partial charge in [-0.15, -0.1) is 11.8 Å². The molecule has 2 fully saturated rings. The number of nitrogens with one attached hydrogen (secondary N) is 4. The lowest BCUT2D eigenvalue weighted by Gasteiger charge is -2.38. The molecule has 4 heterocycles. The van der Waals surface area contributed by atoms with Gasteiger partial charge in [0.05, 0.1) is 61.1 Å². The lowest BCUT2D eigenvalue weighted by atomic mass is 9.91. The fourth-order valence-electron chi connectivity index (χ4n) is 9.29. The van der Waals surface area contributed by atoms with E-state index in [1.807, 2.05) is 36.8 Å². The van der Waals surface area contributed by atoms with E-state index >= 15 is 4.39 Å². The van der Waals surface area contributed by atoms with Gasteiger partial charge in [-0.25, -0.2) is 8.78 Å². The molecule has 7 rings (SSSR count). The summed E-state index contributed by atoms with van der Waals surface area (Å²) in [6.45, 7) is 5.39. The van der Waals surface area contributed by atoms with Gasteiger partial charge in [0.25, 0.3) is 5.91 Å². The second kappa shape index (κ2) is 19.4. The van der Waals surface area contributed by atoms with Crippen molar-refractivity contribution in [3.63, 3.8) is 0 Å². The number of methoxy groups -OCH3 is 1. The van der Waals surface area contributed by atoms with E-state index in [0.717, 1.165) is 0 Å². The van der Waals surface area contributed by atoms with Gasteiger partial charge in [0.15, 0.2) is 5.82 Å². The molecule has 11 nitrogen and oxygen atoms in total. The number of rotatable bonds is 11. The number of hydrogen-bond acceptors (Lipinski definition) is 10. The number of benzene rings is 3. The molecule has 3 aromatic carbocycles. The quantitative estimate of drug-likeness (QED) is 0.109. The number of piperidine rings is 1. The van der Waals surface area contributed by atoms with Gasteiger partial charge in [-0.05, 0) is 73.7 Å². The first-order chi connectivity index (χ1) is 30.0. The number of likely N-dealkylation sites (N-methyl/N-ethyl adjacent to an activating group) is 1. The normalized spacial score (nSPS) is 25.0. The van der Waals surface area contributed by atoms with Crippen LogP contribution in [0.2, 0.25) is 0 Å². The number of ether oxygens (including phenoxy) is 1. The van der Waals surface area contributed by atoms with Crippen LogP contribution in [-0.2, 0) is 11.2 Å². The molecule has 2 amide bonds. The third-order valence-electron chi connectivity index (χ3n) is 12.4. The zero-order chi connectivity index (χ0) is 45.2. The second-order valence-electron chi connectivity index (χ2n) is 17.3. The summed E-state index contributed by atoms with van der Waals surface area (Å²) in [7, 11) is 5.06. The Bertz CT molecular complexity index is 2220. The minimum absolute atomic E-state index is 0.0557. The van der Waals surface area contributed by atoms with E-state index in [0.29, 0.717) is 82.6 Å². The van der Waals surface area contributed by atoms with Crippen LogP contribution in [0.1, 0.15) is 60.5 Å². The van der Waals surface area contributed by atoms with Gasteiger partial charge >= 0.3 is 6.18 Å². The Hall–Kier alpha value is -4.92. The number of aliphatic hydroxyl groups excluding tert-OH is 1. The van der Waals surface area contributed by atoms with E-state index < -0.39 is 53.9 Å². The summed E-state index contributed by atoms with van der Waals surface area (Å²) >= 11 is 1.26. The Kier molecular flexibility index (Phi) is 14.2. The molecule has 4 aliphatic heterocycles. The monoisotopic (exact) mass is 897 g/mol. The van der Waals surface area contributed by atoms with Crippen LogP contribution in [0.25, 0.3) is 0 Å². The number of aliphatic hydroxyl groups is 1. The fourth-order valence-corrected chi connectivity index (χ4v) is 10.7. The molecule has 0 aromatic heterocycles. The molecule has 0 saturated carbocycles. The molecule has 2 unspecified atom stereocenters. The number of halogens is 5. The number of likely N-dealkylation sites (tertiary alicyclic amines) is 1. The maximum atomic E-state index is 16.6. The topological polar surface area (TPSA) is 121 Å². The van der Waals surface area contributed by atoms with Crippen molar-refractivity contribution < 1.29 is 41.4 Å². The van der Waals surface area contributed by atoms with Crippen LogP contribution in [0.3, 0.4) is 0 Å². The fraction of sp³-hybridized carbons (Fsp3) is 0.522. The number of amides is 2. The number of anilines is 4. The lowest BCUT2D eigenvalue weighted by molar-refractivity contribution is -0.138. The Labute approximate surface area is 369 Å². The van der Waals surface area contributed by atoms with Crippen LogP contribution < -0.4 is 35.8 Å². The first-order valence-corrected chi connectivity index (χ1v) is 22.3. The molecule has 5 N–H and O–H groups in total. The summed E-state index contributed by atoms with van der Waals surface area (Å²) in [5.41, 5.74) is 3.33. The summed E-state index contributed by atoms with van der Waals surface area (Å²) in [5.74, 6) is 4.38. The number of hydrogen-bond donors (Lipinski definition) is 5. The van der Waals surface area contributed by atoms with Gasteiger partial charge in [-0.2, -0.15) is 13.2 Å². The molecule has 3 aromatic rings. The zero-order valence-corrected chi connectivity index (χ0v) is 36.9. The van der Waals surface area contributed by atoms with Crippen LogP contribution in [-0.4, -0.2) is 124 Å². The molecule has 0 radical (unpaired) electrons. The smallest absolute Gasteiger partial charge is 0.389 e. The first kappa shape index (κ1) is 46.1. The summed E-state index contributed by atoms with van der Waals surface area (Å²) in [4.78, 5) is 32.9. The van der Waals surface area contributed by atoms with E-state index in [1.54, 1.807) is 54.4 Å². The Morgan fingerprint density at radius 2 is 1.87 bits per heavy atom. The van der Waals surface area contributed by atoms with E-state index in [9.17, 15) is 32.3 Å². The van der Waals surface area contributed by atoms with Crippen LogP contribution in [0, 0.1) is 23.6 Å². The molecule has 0 spiro atoms. The molecule has 63 heavy (non-hydrogen) atoms. The van der Waals surface area contributed by atoms with E-state index in [-0.39, 0.29) is 49.9 Å². The lowest BCUT2D eigenvalue weighted by Crippen LogP contribution is -2.54. The SMILES string of the molecule is COc1ccc(C(=O)N[C@@H]2CCN(c3ccc4c(c3F)N(C)[C@@H](C(C)C)C(=O)N[C@H](CO)C4)C2)cc1NCC#CC1Sc2c(N[C@@H]3CCN(C)C[C@@H]3F)cccc2C1CC(F)(F)F. The van der Waals surface area contributed by atoms with Crippen LogP contribution >= 0.6 is 11.8 Å². The van der Waals surface area contributed by atoms with Gasteiger partial charge in [-0.1, -0.05) is 43.9 Å². The zero-order valence-electron chi connectivity index (χ0n) is 36.1. The highest BCUT2D eigenvalue weighted by Crippen LogP contribution is 2.52. The number of alkyl halides is 4. The predicted octanol–water partition coefficient (Wildman–Crippen LogP) is 6.42. The van der Waals surface area contributed by atoms with E-state index in [4.69, 9.17) is 4.74 Å². The van der Waals surface area contributed by atoms with Crippen molar-refractivity contribution in [3.05, 3.63) is 71.0 Å². The number of nitrogens with zero attached hydrogens (tertiary/aromatic N) is 3. The molecule has 17 heteroatoms. The standard InChI is InChI=1S/C46H56F5N7O4S/c1-26(2)41-45(61)54-30(25-59)20-27-11-13-37(40(48)42(27)57(41)4)58-19-15-29(23-58)53-44(60)28-12-14-38(62-5)36(21-28)52-17-7-10-39-32(22-46(49,50)51)31-8-6-9-35(43(31)63-39)55-34-16-18-56(3)24-33(34)47/h6,8-9,11-14,21,26,29-30,32-34,39,41,52,55,59H,15-20,22-25H2,1-5H3,(H,53,60)(H,54,61)/t29-,30+,32?,33+,34-,39?,41+/m1/s1. The molecule has 0 bridgehead atoms. The number of carbonyl (C=O) groups excluding carboxylic acids is 2.